The number of nitrogens with one attached hydrogen (secondary N) is 1. The summed E-state index contributed by atoms with van der Waals surface area (Å²) in [7, 11) is 0. The second-order valence-corrected chi connectivity index (χ2v) is 6.33. The molecule has 0 radical (unpaired) electrons. The highest BCUT2D eigenvalue weighted by atomic mass is 32.1. The normalized spacial score (nSPS) is 30.6. The molecule has 0 aliphatic heterocycles. The number of rotatable bonds is 5. The highest BCUT2D eigenvalue weighted by molar-refractivity contribution is 7.10. The van der Waals surface area contributed by atoms with Gasteiger partial charge >= 0.3 is 0 Å². The van der Waals surface area contributed by atoms with Crippen molar-refractivity contribution in [3.8, 4) is 0 Å². The molecule has 0 saturated heterocycles. The van der Waals surface area contributed by atoms with Gasteiger partial charge in [-0.2, -0.15) is 0 Å². The fraction of sp³-hybridized carbons (Fsp3) is 0.733. The first-order valence-corrected chi connectivity index (χ1v) is 7.93. The average molecular weight is 251 g/mol. The molecule has 0 bridgehead atoms. The van der Waals surface area contributed by atoms with Gasteiger partial charge in [-0.15, -0.1) is 11.3 Å². The summed E-state index contributed by atoms with van der Waals surface area (Å²) in [5.41, 5.74) is 0. The molecule has 96 valence electrons. The second kappa shape index (κ2) is 6.01. The standard InChI is InChI=1S/C15H25NS/c1-4-12-8-9-14(11(12)3)16-13(5-2)15-7-6-10-17-15/h6-7,10-14,16H,4-5,8-9H2,1-3H3. The number of hydrogen-bond acceptors (Lipinski definition) is 2. The maximum atomic E-state index is 3.89. The van der Waals surface area contributed by atoms with Crippen molar-refractivity contribution in [3.63, 3.8) is 0 Å². The lowest BCUT2D eigenvalue weighted by Crippen LogP contribution is -2.35. The van der Waals surface area contributed by atoms with Crippen molar-refractivity contribution in [2.24, 2.45) is 11.8 Å². The summed E-state index contributed by atoms with van der Waals surface area (Å²) >= 11 is 1.88. The molecule has 1 fully saturated rings. The summed E-state index contributed by atoms with van der Waals surface area (Å²) in [6.07, 6.45) is 5.31. The fourth-order valence-electron chi connectivity index (χ4n) is 3.21. The molecule has 1 aliphatic rings. The molecule has 2 heteroatoms. The van der Waals surface area contributed by atoms with Crippen LogP contribution in [0, 0.1) is 11.8 Å². The monoisotopic (exact) mass is 251 g/mol. The van der Waals surface area contributed by atoms with E-state index in [1.165, 1.54) is 30.6 Å². The second-order valence-electron chi connectivity index (χ2n) is 5.35. The average Bonchev–Trinajstić information content (AvgIpc) is 2.96. The minimum atomic E-state index is 0.568. The van der Waals surface area contributed by atoms with E-state index < -0.39 is 0 Å². The Morgan fingerprint density at radius 2 is 2.24 bits per heavy atom. The molecule has 4 atom stereocenters. The zero-order valence-corrected chi connectivity index (χ0v) is 12.1. The van der Waals surface area contributed by atoms with E-state index in [-0.39, 0.29) is 0 Å². The first-order chi connectivity index (χ1) is 8.26. The van der Waals surface area contributed by atoms with E-state index in [1.807, 2.05) is 11.3 Å². The van der Waals surface area contributed by atoms with Crippen LogP contribution >= 0.6 is 11.3 Å². The van der Waals surface area contributed by atoms with Crippen LogP contribution in [0.25, 0.3) is 0 Å². The maximum absolute atomic E-state index is 3.89. The van der Waals surface area contributed by atoms with Crippen molar-refractivity contribution >= 4 is 11.3 Å². The Hall–Kier alpha value is -0.340. The van der Waals surface area contributed by atoms with Crippen molar-refractivity contribution in [1.82, 2.24) is 5.32 Å². The predicted octanol–water partition coefficient (Wildman–Crippen LogP) is 4.61. The Morgan fingerprint density at radius 3 is 2.76 bits per heavy atom. The Balaban J connectivity index is 1.96. The summed E-state index contributed by atoms with van der Waals surface area (Å²) in [5.74, 6) is 1.78. The molecule has 1 nitrogen and oxygen atoms in total. The minimum absolute atomic E-state index is 0.568. The molecule has 0 spiro atoms. The van der Waals surface area contributed by atoms with Crippen LogP contribution in [0.1, 0.15) is 57.4 Å². The Labute approximate surface area is 110 Å². The molecule has 2 rings (SSSR count). The van der Waals surface area contributed by atoms with Gasteiger partial charge in [0.15, 0.2) is 0 Å². The number of thiophene rings is 1. The van der Waals surface area contributed by atoms with Gasteiger partial charge in [0.2, 0.25) is 0 Å². The van der Waals surface area contributed by atoms with Crippen LogP contribution in [0.5, 0.6) is 0 Å². The predicted molar refractivity (Wildman–Crippen MR) is 76.5 cm³/mol. The van der Waals surface area contributed by atoms with Gasteiger partial charge in [0.25, 0.3) is 0 Å². The van der Waals surface area contributed by atoms with Crippen molar-refractivity contribution in [2.45, 2.75) is 58.5 Å². The van der Waals surface area contributed by atoms with E-state index in [1.54, 1.807) is 0 Å². The summed E-state index contributed by atoms with van der Waals surface area (Å²) in [6, 6.07) is 5.73. The topological polar surface area (TPSA) is 12.0 Å². The largest absolute Gasteiger partial charge is 0.306 e. The van der Waals surface area contributed by atoms with E-state index in [2.05, 4.69) is 43.6 Å². The van der Waals surface area contributed by atoms with E-state index in [9.17, 15) is 0 Å². The van der Waals surface area contributed by atoms with Crippen LogP contribution in [0.3, 0.4) is 0 Å². The van der Waals surface area contributed by atoms with Gasteiger partial charge in [-0.05, 0) is 42.5 Å². The van der Waals surface area contributed by atoms with Crippen LogP contribution in [0.4, 0.5) is 0 Å². The maximum Gasteiger partial charge on any atom is 0.0414 e. The molecule has 1 aromatic rings. The lowest BCUT2D eigenvalue weighted by molar-refractivity contribution is 0.320. The van der Waals surface area contributed by atoms with Crippen LogP contribution in [-0.2, 0) is 0 Å². The molecule has 4 unspecified atom stereocenters. The molecule has 0 amide bonds. The quantitative estimate of drug-likeness (QED) is 0.805. The van der Waals surface area contributed by atoms with Crippen molar-refractivity contribution < 1.29 is 0 Å². The zero-order valence-electron chi connectivity index (χ0n) is 11.3. The smallest absolute Gasteiger partial charge is 0.0414 e. The highest BCUT2D eigenvalue weighted by Crippen LogP contribution is 2.35. The Bertz CT molecular complexity index is 320. The van der Waals surface area contributed by atoms with Gasteiger partial charge in [-0.1, -0.05) is 33.3 Å². The molecule has 17 heavy (non-hydrogen) atoms. The van der Waals surface area contributed by atoms with Gasteiger partial charge in [0.1, 0.15) is 0 Å². The first kappa shape index (κ1) is 13.1. The van der Waals surface area contributed by atoms with Gasteiger partial charge in [-0.3, -0.25) is 0 Å². The Kier molecular flexibility index (Phi) is 4.63. The summed E-state index contributed by atoms with van der Waals surface area (Å²) in [4.78, 5) is 1.50. The van der Waals surface area contributed by atoms with Crippen LogP contribution < -0.4 is 5.32 Å². The third-order valence-electron chi connectivity index (χ3n) is 4.46. The minimum Gasteiger partial charge on any atom is -0.306 e. The Morgan fingerprint density at radius 1 is 1.41 bits per heavy atom. The fourth-order valence-corrected chi connectivity index (χ4v) is 4.08. The first-order valence-electron chi connectivity index (χ1n) is 7.05. The van der Waals surface area contributed by atoms with Gasteiger partial charge in [0.05, 0.1) is 0 Å². The van der Waals surface area contributed by atoms with Gasteiger partial charge in [-0.25, -0.2) is 0 Å². The SMILES string of the molecule is CCC(NC1CCC(CC)C1C)c1cccs1. The summed E-state index contributed by atoms with van der Waals surface area (Å²) < 4.78 is 0. The van der Waals surface area contributed by atoms with Gasteiger partial charge in [0, 0.05) is 17.0 Å². The van der Waals surface area contributed by atoms with Crippen molar-refractivity contribution in [1.29, 1.82) is 0 Å². The molecule has 0 aromatic carbocycles. The van der Waals surface area contributed by atoms with E-state index >= 15 is 0 Å². The lowest BCUT2D eigenvalue weighted by Gasteiger charge is -2.26. The van der Waals surface area contributed by atoms with E-state index in [0.29, 0.717) is 6.04 Å². The molecular formula is C15H25NS. The van der Waals surface area contributed by atoms with Crippen LogP contribution in [0.15, 0.2) is 17.5 Å². The molecule has 1 heterocycles. The van der Waals surface area contributed by atoms with Gasteiger partial charge < -0.3 is 5.32 Å². The summed E-state index contributed by atoms with van der Waals surface area (Å²) in [5, 5.41) is 6.08. The van der Waals surface area contributed by atoms with Crippen LogP contribution in [0.2, 0.25) is 0 Å². The summed E-state index contributed by atoms with van der Waals surface area (Å²) in [6.45, 7) is 7.05. The molecule has 1 aromatic heterocycles. The third-order valence-corrected chi connectivity index (χ3v) is 5.45. The molecular weight excluding hydrogens is 226 g/mol. The third kappa shape index (κ3) is 2.92. The number of hydrogen-bond donors (Lipinski definition) is 1. The van der Waals surface area contributed by atoms with E-state index in [4.69, 9.17) is 0 Å². The highest BCUT2D eigenvalue weighted by Gasteiger charge is 2.32. The van der Waals surface area contributed by atoms with E-state index in [0.717, 1.165) is 17.9 Å². The molecule has 1 N–H and O–H groups in total. The zero-order chi connectivity index (χ0) is 12.3. The van der Waals surface area contributed by atoms with Crippen molar-refractivity contribution in [2.75, 3.05) is 0 Å². The molecule has 1 saturated carbocycles. The lowest BCUT2D eigenvalue weighted by atomic mass is 9.93. The molecule has 1 aliphatic carbocycles. The van der Waals surface area contributed by atoms with Crippen LogP contribution in [-0.4, -0.2) is 6.04 Å². The van der Waals surface area contributed by atoms with Crippen molar-refractivity contribution in [3.05, 3.63) is 22.4 Å².